The number of rotatable bonds is 8. The fourth-order valence-corrected chi connectivity index (χ4v) is 3.76. The average Bonchev–Trinajstić information content (AvgIpc) is 2.74. The summed E-state index contributed by atoms with van der Waals surface area (Å²) in [5.74, 6) is 1.03. The molecule has 30 heavy (non-hydrogen) atoms. The second-order valence-corrected chi connectivity index (χ2v) is 7.61. The molecule has 2 aromatic carbocycles. The zero-order chi connectivity index (χ0) is 21.5. The summed E-state index contributed by atoms with van der Waals surface area (Å²) in [5.41, 5.74) is 1.57. The van der Waals surface area contributed by atoms with Crippen LogP contribution in [0.5, 0.6) is 11.5 Å². The van der Waals surface area contributed by atoms with Crippen molar-refractivity contribution in [2.75, 3.05) is 32.1 Å². The molecule has 1 heterocycles. The van der Waals surface area contributed by atoms with Crippen molar-refractivity contribution in [1.29, 1.82) is 0 Å². The number of nitro benzene ring substituents is 1. The Balaban J connectivity index is 1.44. The SMILES string of the molecule is COc1cc([N+](=O)[O-])ccc1NC(=O)CN1CCC(CCc2ccc(O)cc2)CC1. The first-order valence-electron chi connectivity index (χ1n) is 10.1. The van der Waals surface area contributed by atoms with Crippen molar-refractivity contribution in [2.45, 2.75) is 25.7 Å². The van der Waals surface area contributed by atoms with E-state index in [0.29, 0.717) is 11.6 Å². The quantitative estimate of drug-likeness (QED) is 0.506. The molecule has 0 unspecified atom stereocenters. The number of amides is 1. The van der Waals surface area contributed by atoms with Crippen LogP contribution < -0.4 is 10.1 Å². The van der Waals surface area contributed by atoms with Gasteiger partial charge in [-0.3, -0.25) is 19.8 Å². The molecule has 0 saturated carbocycles. The molecule has 8 nitrogen and oxygen atoms in total. The first kappa shape index (κ1) is 21.6. The van der Waals surface area contributed by atoms with Crippen molar-refractivity contribution in [3.05, 3.63) is 58.1 Å². The molecule has 0 aliphatic carbocycles. The minimum atomic E-state index is -0.500. The molecule has 1 fully saturated rings. The van der Waals surface area contributed by atoms with Gasteiger partial charge in [-0.05, 0) is 68.5 Å². The number of carbonyl (C=O) groups is 1. The van der Waals surface area contributed by atoms with E-state index in [9.17, 15) is 20.0 Å². The number of methoxy groups -OCH3 is 1. The minimum absolute atomic E-state index is 0.0841. The number of phenolic OH excluding ortho intramolecular Hbond substituents is 1. The number of hydrogen-bond acceptors (Lipinski definition) is 6. The smallest absolute Gasteiger partial charge is 0.273 e. The maximum atomic E-state index is 12.4. The van der Waals surface area contributed by atoms with Crippen LogP contribution in [0.15, 0.2) is 42.5 Å². The van der Waals surface area contributed by atoms with Gasteiger partial charge in [0.25, 0.3) is 5.69 Å². The molecule has 2 aromatic rings. The first-order chi connectivity index (χ1) is 14.4. The van der Waals surface area contributed by atoms with E-state index in [4.69, 9.17) is 4.74 Å². The van der Waals surface area contributed by atoms with Crippen molar-refractivity contribution < 1.29 is 19.6 Å². The summed E-state index contributed by atoms with van der Waals surface area (Å²) >= 11 is 0. The number of phenols is 1. The van der Waals surface area contributed by atoms with Crippen LogP contribution in [-0.2, 0) is 11.2 Å². The number of likely N-dealkylation sites (tertiary alicyclic amines) is 1. The molecule has 0 spiro atoms. The molecule has 8 heteroatoms. The lowest BCUT2D eigenvalue weighted by atomic mass is 9.90. The third kappa shape index (κ3) is 5.93. The Morgan fingerprint density at radius 3 is 2.57 bits per heavy atom. The third-order valence-electron chi connectivity index (χ3n) is 5.52. The Morgan fingerprint density at radius 1 is 1.23 bits per heavy atom. The lowest BCUT2D eigenvalue weighted by Gasteiger charge is -2.31. The van der Waals surface area contributed by atoms with E-state index in [1.165, 1.54) is 30.9 Å². The van der Waals surface area contributed by atoms with E-state index in [0.717, 1.165) is 38.8 Å². The Morgan fingerprint density at radius 2 is 1.93 bits per heavy atom. The number of nitro groups is 1. The monoisotopic (exact) mass is 413 g/mol. The standard InChI is InChI=1S/C22H27N3O5/c1-30-21-14-18(25(28)29)6-9-20(21)23-22(27)15-24-12-10-17(11-13-24)3-2-16-4-7-19(26)8-5-16/h4-9,14,17,26H,2-3,10-13,15H2,1H3,(H,23,27). The van der Waals surface area contributed by atoms with Crippen LogP contribution in [0.2, 0.25) is 0 Å². The highest BCUT2D eigenvalue weighted by Gasteiger charge is 2.21. The van der Waals surface area contributed by atoms with Gasteiger partial charge in [-0.2, -0.15) is 0 Å². The van der Waals surface area contributed by atoms with E-state index in [1.807, 2.05) is 12.1 Å². The first-order valence-corrected chi connectivity index (χ1v) is 10.1. The molecule has 3 rings (SSSR count). The van der Waals surface area contributed by atoms with Gasteiger partial charge in [0.2, 0.25) is 5.91 Å². The third-order valence-corrected chi connectivity index (χ3v) is 5.52. The predicted molar refractivity (Wildman–Crippen MR) is 114 cm³/mol. The lowest BCUT2D eigenvalue weighted by Crippen LogP contribution is -2.39. The number of anilines is 1. The van der Waals surface area contributed by atoms with Crippen LogP contribution in [-0.4, -0.2) is 47.6 Å². The highest BCUT2D eigenvalue weighted by molar-refractivity contribution is 5.93. The minimum Gasteiger partial charge on any atom is -0.508 e. The maximum absolute atomic E-state index is 12.4. The van der Waals surface area contributed by atoms with E-state index in [1.54, 1.807) is 12.1 Å². The zero-order valence-electron chi connectivity index (χ0n) is 17.0. The fraction of sp³-hybridized carbons (Fsp3) is 0.409. The number of carbonyl (C=O) groups excluding carboxylic acids is 1. The molecule has 0 bridgehead atoms. The summed E-state index contributed by atoms with van der Waals surface area (Å²) in [6.45, 7) is 2.01. The molecule has 1 aliphatic rings. The van der Waals surface area contributed by atoms with Crippen LogP contribution in [0, 0.1) is 16.0 Å². The van der Waals surface area contributed by atoms with Crippen molar-refractivity contribution in [2.24, 2.45) is 5.92 Å². The van der Waals surface area contributed by atoms with Gasteiger partial charge in [0, 0.05) is 6.07 Å². The highest BCUT2D eigenvalue weighted by atomic mass is 16.6. The average molecular weight is 413 g/mol. The largest absolute Gasteiger partial charge is 0.508 e. The van der Waals surface area contributed by atoms with Crippen molar-refractivity contribution in [3.8, 4) is 11.5 Å². The van der Waals surface area contributed by atoms with Gasteiger partial charge in [0.1, 0.15) is 11.5 Å². The number of ether oxygens (including phenoxy) is 1. The van der Waals surface area contributed by atoms with Crippen LogP contribution >= 0.6 is 0 Å². The molecule has 2 N–H and O–H groups in total. The Hall–Kier alpha value is -3.13. The van der Waals surface area contributed by atoms with E-state index < -0.39 is 4.92 Å². The Labute approximate surface area is 175 Å². The number of nitrogens with one attached hydrogen (secondary N) is 1. The van der Waals surface area contributed by atoms with Gasteiger partial charge < -0.3 is 15.2 Å². The summed E-state index contributed by atoms with van der Waals surface area (Å²) in [4.78, 5) is 24.9. The number of nitrogens with zero attached hydrogens (tertiary/aromatic N) is 2. The Bertz CT molecular complexity index is 877. The van der Waals surface area contributed by atoms with Crippen molar-refractivity contribution in [1.82, 2.24) is 4.90 Å². The Kier molecular flexibility index (Phi) is 7.24. The maximum Gasteiger partial charge on any atom is 0.273 e. The summed E-state index contributed by atoms with van der Waals surface area (Å²) < 4.78 is 5.16. The molecule has 1 amide bonds. The van der Waals surface area contributed by atoms with Crippen molar-refractivity contribution in [3.63, 3.8) is 0 Å². The van der Waals surface area contributed by atoms with E-state index in [-0.39, 0.29) is 29.6 Å². The van der Waals surface area contributed by atoms with Crippen LogP contribution in [0.25, 0.3) is 0 Å². The molecule has 0 radical (unpaired) electrons. The number of non-ortho nitro benzene ring substituents is 1. The molecule has 160 valence electrons. The van der Waals surface area contributed by atoms with Crippen LogP contribution in [0.4, 0.5) is 11.4 Å². The summed E-state index contributed by atoms with van der Waals surface area (Å²) in [5, 5.41) is 23.0. The predicted octanol–water partition coefficient (Wildman–Crippen LogP) is 3.59. The summed E-state index contributed by atoms with van der Waals surface area (Å²) in [6, 6.07) is 11.5. The second kappa shape index (κ2) is 10.1. The number of piperidine rings is 1. The fourth-order valence-electron chi connectivity index (χ4n) is 3.76. The molecule has 1 aliphatic heterocycles. The topological polar surface area (TPSA) is 105 Å². The summed E-state index contributed by atoms with van der Waals surface area (Å²) in [7, 11) is 1.41. The van der Waals surface area contributed by atoms with Gasteiger partial charge in [-0.15, -0.1) is 0 Å². The molecule has 0 aromatic heterocycles. The van der Waals surface area contributed by atoms with Crippen LogP contribution in [0.1, 0.15) is 24.8 Å². The normalized spacial score (nSPS) is 15.0. The van der Waals surface area contributed by atoms with Gasteiger partial charge in [-0.1, -0.05) is 12.1 Å². The second-order valence-electron chi connectivity index (χ2n) is 7.61. The number of aryl methyl sites for hydroxylation is 1. The van der Waals surface area contributed by atoms with E-state index >= 15 is 0 Å². The lowest BCUT2D eigenvalue weighted by molar-refractivity contribution is -0.384. The molecule has 1 saturated heterocycles. The zero-order valence-corrected chi connectivity index (χ0v) is 17.0. The van der Waals surface area contributed by atoms with Crippen molar-refractivity contribution >= 4 is 17.3 Å². The van der Waals surface area contributed by atoms with E-state index in [2.05, 4.69) is 10.2 Å². The van der Waals surface area contributed by atoms with Gasteiger partial charge in [0.15, 0.2) is 0 Å². The molecule has 0 atom stereocenters. The van der Waals surface area contributed by atoms with Gasteiger partial charge in [0.05, 0.1) is 30.3 Å². The number of aromatic hydroxyl groups is 1. The summed E-state index contributed by atoms with van der Waals surface area (Å²) in [6.07, 6.45) is 4.19. The van der Waals surface area contributed by atoms with Gasteiger partial charge >= 0.3 is 0 Å². The molecular weight excluding hydrogens is 386 g/mol. The van der Waals surface area contributed by atoms with Crippen LogP contribution in [0.3, 0.4) is 0 Å². The number of benzene rings is 2. The van der Waals surface area contributed by atoms with Gasteiger partial charge in [-0.25, -0.2) is 0 Å². The number of hydrogen-bond donors (Lipinski definition) is 2. The molecular formula is C22H27N3O5. The highest BCUT2D eigenvalue weighted by Crippen LogP contribution is 2.29.